The Labute approximate surface area is 187 Å². The summed E-state index contributed by atoms with van der Waals surface area (Å²) in [5, 5.41) is 0. The molecular formula is C15H21Na2O6P. The SMILES string of the molecule is CC(C)c1cccc([C@H](C)C2CC2)c1OCOOP(=O)([O-])[O-].[Na+].[Na+]. The largest absolute Gasteiger partial charge is 1.00 e. The second-order valence-corrected chi connectivity index (χ2v) is 6.99. The Bertz CT molecular complexity index is 559. The number of ether oxygens (including phenoxy) is 1. The van der Waals surface area contributed by atoms with Crippen molar-refractivity contribution < 1.29 is 87.8 Å². The molecule has 0 aromatic heterocycles. The first-order chi connectivity index (χ1) is 10.3. The fourth-order valence-electron chi connectivity index (χ4n) is 2.57. The number of hydrogen-bond donors (Lipinski definition) is 0. The van der Waals surface area contributed by atoms with Crippen LogP contribution in [0, 0.1) is 5.92 Å². The van der Waals surface area contributed by atoms with Gasteiger partial charge >= 0.3 is 59.1 Å². The Hall–Kier alpha value is 1.09. The minimum Gasteiger partial charge on any atom is -0.788 e. The van der Waals surface area contributed by atoms with Crippen LogP contribution in [0.5, 0.6) is 5.75 Å². The van der Waals surface area contributed by atoms with Crippen molar-refractivity contribution in [3.63, 3.8) is 0 Å². The summed E-state index contributed by atoms with van der Waals surface area (Å²) in [5.41, 5.74) is 2.09. The van der Waals surface area contributed by atoms with Gasteiger partial charge in [0.2, 0.25) is 6.79 Å². The van der Waals surface area contributed by atoms with Gasteiger partial charge in [-0.25, -0.2) is 4.67 Å². The first kappa shape index (κ1) is 25.1. The van der Waals surface area contributed by atoms with Gasteiger partial charge in [-0.3, -0.25) is 0 Å². The minimum absolute atomic E-state index is 0. The Morgan fingerprint density at radius 2 is 1.75 bits per heavy atom. The van der Waals surface area contributed by atoms with E-state index in [-0.39, 0.29) is 65.0 Å². The zero-order valence-electron chi connectivity index (χ0n) is 15.0. The number of phosphoric acid groups is 1. The predicted octanol–water partition coefficient (Wildman–Crippen LogP) is -3.56. The monoisotopic (exact) mass is 374 g/mol. The summed E-state index contributed by atoms with van der Waals surface area (Å²) in [6.45, 7) is 5.80. The number of rotatable bonds is 8. The van der Waals surface area contributed by atoms with Gasteiger partial charge in [0.25, 0.3) is 0 Å². The Balaban J connectivity index is 0.00000264. The fourth-order valence-corrected chi connectivity index (χ4v) is 2.74. The quantitative estimate of drug-likeness (QED) is 0.117. The summed E-state index contributed by atoms with van der Waals surface area (Å²) in [6, 6.07) is 5.98. The van der Waals surface area contributed by atoms with Crippen LogP contribution < -0.4 is 73.6 Å². The molecular weight excluding hydrogens is 353 g/mol. The molecule has 1 aliphatic rings. The van der Waals surface area contributed by atoms with Crippen LogP contribution in [0.3, 0.4) is 0 Å². The van der Waals surface area contributed by atoms with Gasteiger partial charge in [-0.15, -0.1) is 0 Å². The predicted molar refractivity (Wildman–Crippen MR) is 76.9 cm³/mol. The Kier molecular flexibility index (Phi) is 11.6. The summed E-state index contributed by atoms with van der Waals surface area (Å²) < 4.78 is 19.7. The normalized spacial score (nSPS) is 15.4. The third kappa shape index (κ3) is 7.77. The molecule has 0 aliphatic heterocycles. The summed E-state index contributed by atoms with van der Waals surface area (Å²) >= 11 is 0. The average molecular weight is 374 g/mol. The Morgan fingerprint density at radius 1 is 1.17 bits per heavy atom. The minimum atomic E-state index is -5.16. The molecule has 2 rings (SSSR count). The molecule has 0 radical (unpaired) electrons. The van der Waals surface area contributed by atoms with E-state index >= 15 is 0 Å². The van der Waals surface area contributed by atoms with Crippen molar-refractivity contribution in [1.29, 1.82) is 0 Å². The van der Waals surface area contributed by atoms with E-state index in [9.17, 15) is 14.4 Å². The fraction of sp³-hybridized carbons (Fsp3) is 0.600. The molecule has 124 valence electrons. The molecule has 0 bridgehead atoms. The average Bonchev–Trinajstić information content (AvgIpc) is 3.26. The van der Waals surface area contributed by atoms with Crippen molar-refractivity contribution in [2.45, 2.75) is 45.4 Å². The van der Waals surface area contributed by atoms with Gasteiger partial charge in [0.1, 0.15) is 13.6 Å². The maximum Gasteiger partial charge on any atom is 1.00 e. The molecule has 24 heavy (non-hydrogen) atoms. The number of hydrogen-bond acceptors (Lipinski definition) is 6. The second-order valence-electron chi connectivity index (χ2n) is 5.95. The number of para-hydroxylation sites is 1. The molecule has 1 atom stereocenters. The first-order valence-corrected chi connectivity index (χ1v) is 8.84. The molecule has 1 aromatic carbocycles. The van der Waals surface area contributed by atoms with E-state index < -0.39 is 14.6 Å². The van der Waals surface area contributed by atoms with Gasteiger partial charge in [0.05, 0.1) is 0 Å². The third-order valence-corrected chi connectivity index (χ3v) is 4.20. The van der Waals surface area contributed by atoms with E-state index in [1.165, 1.54) is 12.8 Å². The van der Waals surface area contributed by atoms with E-state index in [0.717, 1.165) is 11.1 Å². The van der Waals surface area contributed by atoms with Crippen molar-refractivity contribution in [2.24, 2.45) is 5.92 Å². The van der Waals surface area contributed by atoms with Gasteiger partial charge in [0, 0.05) is 0 Å². The molecule has 0 amide bonds. The summed E-state index contributed by atoms with van der Waals surface area (Å²) in [7, 11) is -5.16. The maximum absolute atomic E-state index is 10.4. The molecule has 0 spiro atoms. The van der Waals surface area contributed by atoms with Gasteiger partial charge < -0.3 is 19.1 Å². The van der Waals surface area contributed by atoms with Gasteiger partial charge in [0.15, 0.2) is 0 Å². The van der Waals surface area contributed by atoms with Crippen LogP contribution in [-0.2, 0) is 14.1 Å². The zero-order chi connectivity index (χ0) is 16.3. The van der Waals surface area contributed by atoms with E-state index in [4.69, 9.17) is 4.74 Å². The van der Waals surface area contributed by atoms with Crippen LogP contribution in [0.4, 0.5) is 0 Å². The van der Waals surface area contributed by atoms with Crippen molar-refractivity contribution in [2.75, 3.05) is 6.79 Å². The molecule has 1 aliphatic carbocycles. The summed E-state index contributed by atoms with van der Waals surface area (Å²) in [4.78, 5) is 25.1. The molecule has 1 fully saturated rings. The van der Waals surface area contributed by atoms with Gasteiger partial charge in [-0.05, 0) is 41.7 Å². The topological polar surface area (TPSA) is 90.9 Å². The Morgan fingerprint density at radius 3 is 2.25 bits per heavy atom. The van der Waals surface area contributed by atoms with Gasteiger partial charge in [-0.1, -0.05) is 39.0 Å². The maximum atomic E-state index is 10.4. The molecule has 9 heteroatoms. The van der Waals surface area contributed by atoms with Crippen LogP contribution >= 0.6 is 7.82 Å². The van der Waals surface area contributed by atoms with Gasteiger partial charge in [-0.2, -0.15) is 4.89 Å². The molecule has 0 heterocycles. The molecule has 0 saturated heterocycles. The van der Waals surface area contributed by atoms with Crippen LogP contribution in [0.2, 0.25) is 0 Å². The first-order valence-electron chi connectivity index (χ1n) is 7.38. The standard InChI is InChI=1S/C15H23O6P.2Na/c1-10(2)13-5-4-6-14(11(3)12-7-8-12)15(13)19-9-20-21-22(16,17)18;;/h4-6,10-12H,7-9H2,1-3H3,(H2,16,17,18);;/q;2*+1/p-2/t11-;;/m1../s1. The number of benzene rings is 1. The van der Waals surface area contributed by atoms with Crippen molar-refractivity contribution in [3.05, 3.63) is 29.3 Å². The van der Waals surface area contributed by atoms with Crippen molar-refractivity contribution in [1.82, 2.24) is 0 Å². The van der Waals surface area contributed by atoms with E-state index in [1.807, 2.05) is 18.2 Å². The van der Waals surface area contributed by atoms with Crippen molar-refractivity contribution in [3.8, 4) is 5.75 Å². The molecule has 0 N–H and O–H groups in total. The van der Waals surface area contributed by atoms with Crippen LogP contribution in [0.1, 0.15) is 56.6 Å². The van der Waals surface area contributed by atoms with E-state index in [1.54, 1.807) is 0 Å². The van der Waals surface area contributed by atoms with Crippen LogP contribution in [0.25, 0.3) is 0 Å². The molecule has 1 aromatic rings. The zero-order valence-corrected chi connectivity index (χ0v) is 19.9. The van der Waals surface area contributed by atoms with Crippen LogP contribution in [-0.4, -0.2) is 6.79 Å². The third-order valence-electron chi connectivity index (χ3n) is 3.91. The van der Waals surface area contributed by atoms with E-state index in [0.29, 0.717) is 17.6 Å². The van der Waals surface area contributed by atoms with Crippen LogP contribution in [0.15, 0.2) is 18.2 Å². The smallest absolute Gasteiger partial charge is 0.788 e. The second kappa shape index (κ2) is 11.1. The summed E-state index contributed by atoms with van der Waals surface area (Å²) in [6.07, 6.45) is 2.42. The molecule has 6 nitrogen and oxygen atoms in total. The molecule has 0 unspecified atom stereocenters. The summed E-state index contributed by atoms with van der Waals surface area (Å²) in [5.74, 6) is 1.95. The van der Waals surface area contributed by atoms with E-state index in [2.05, 4.69) is 30.3 Å². The van der Waals surface area contributed by atoms with Crippen molar-refractivity contribution >= 4 is 7.82 Å². The molecule has 1 saturated carbocycles.